The van der Waals surface area contributed by atoms with Gasteiger partial charge in [0.15, 0.2) is 5.96 Å². The van der Waals surface area contributed by atoms with Crippen molar-refractivity contribution < 1.29 is 9.13 Å². The molecule has 0 radical (unpaired) electrons. The van der Waals surface area contributed by atoms with E-state index < -0.39 is 0 Å². The molecule has 0 aliphatic rings. The van der Waals surface area contributed by atoms with Crippen LogP contribution in [0.1, 0.15) is 23.6 Å². The number of halogens is 1. The monoisotopic (exact) mass is 344 g/mol. The van der Waals surface area contributed by atoms with Gasteiger partial charge in [0, 0.05) is 32.4 Å². The Balaban J connectivity index is 1.81. The fraction of sp³-hybridized carbons (Fsp3) is 0.368. The summed E-state index contributed by atoms with van der Waals surface area (Å²) < 4.78 is 18.5. The Morgan fingerprint density at radius 2 is 2.08 bits per heavy atom. The van der Waals surface area contributed by atoms with Crippen LogP contribution in [-0.2, 0) is 13.0 Å². The van der Waals surface area contributed by atoms with Crippen molar-refractivity contribution in [1.29, 1.82) is 0 Å². The lowest BCUT2D eigenvalue weighted by Crippen LogP contribution is -2.37. The summed E-state index contributed by atoms with van der Waals surface area (Å²) in [4.78, 5) is 8.37. The molecule has 2 aromatic rings. The zero-order valence-electron chi connectivity index (χ0n) is 15.0. The van der Waals surface area contributed by atoms with Gasteiger partial charge in [-0.05, 0) is 55.2 Å². The highest BCUT2D eigenvalue weighted by atomic mass is 19.1. The van der Waals surface area contributed by atoms with Gasteiger partial charge in [0.05, 0.1) is 6.61 Å². The molecule has 5 nitrogen and oxygen atoms in total. The summed E-state index contributed by atoms with van der Waals surface area (Å²) in [7, 11) is 1.73. The van der Waals surface area contributed by atoms with Gasteiger partial charge in [0.1, 0.15) is 5.82 Å². The van der Waals surface area contributed by atoms with Gasteiger partial charge in [-0.15, -0.1) is 0 Å². The number of aryl methyl sites for hydroxylation is 1. The van der Waals surface area contributed by atoms with E-state index in [1.165, 1.54) is 6.07 Å². The van der Waals surface area contributed by atoms with Crippen LogP contribution in [0.15, 0.2) is 41.5 Å². The third-order valence-electron chi connectivity index (χ3n) is 3.77. The molecule has 0 saturated carbocycles. The fourth-order valence-corrected chi connectivity index (χ4v) is 2.45. The van der Waals surface area contributed by atoms with Gasteiger partial charge in [-0.25, -0.2) is 9.37 Å². The third-order valence-corrected chi connectivity index (χ3v) is 3.77. The number of rotatable bonds is 7. The molecule has 1 aromatic carbocycles. The Kier molecular flexibility index (Phi) is 7.19. The molecule has 0 aliphatic heterocycles. The van der Waals surface area contributed by atoms with Gasteiger partial charge in [0.25, 0.3) is 0 Å². The van der Waals surface area contributed by atoms with Gasteiger partial charge < -0.3 is 15.4 Å². The van der Waals surface area contributed by atoms with E-state index in [0.717, 1.165) is 29.1 Å². The van der Waals surface area contributed by atoms with E-state index in [9.17, 15) is 4.39 Å². The fourth-order valence-electron chi connectivity index (χ4n) is 2.45. The zero-order chi connectivity index (χ0) is 18.1. The maximum absolute atomic E-state index is 13.1. The summed E-state index contributed by atoms with van der Waals surface area (Å²) in [6.45, 7) is 5.78. The van der Waals surface area contributed by atoms with Crippen molar-refractivity contribution in [2.24, 2.45) is 4.99 Å². The molecule has 0 amide bonds. The minimum atomic E-state index is -0.199. The smallest absolute Gasteiger partial charge is 0.213 e. The lowest BCUT2D eigenvalue weighted by atomic mass is 10.1. The van der Waals surface area contributed by atoms with Crippen LogP contribution in [0.5, 0.6) is 5.88 Å². The number of hydrogen-bond acceptors (Lipinski definition) is 3. The first-order valence-electron chi connectivity index (χ1n) is 8.39. The van der Waals surface area contributed by atoms with Gasteiger partial charge in [-0.2, -0.15) is 0 Å². The summed E-state index contributed by atoms with van der Waals surface area (Å²) in [6.07, 6.45) is 2.53. The highest BCUT2D eigenvalue weighted by Crippen LogP contribution is 2.10. The average Bonchev–Trinajstić information content (AvgIpc) is 2.60. The summed E-state index contributed by atoms with van der Waals surface area (Å²) in [6, 6.07) is 8.72. The lowest BCUT2D eigenvalue weighted by Gasteiger charge is -2.13. The minimum Gasteiger partial charge on any atom is -0.478 e. The van der Waals surface area contributed by atoms with E-state index in [-0.39, 0.29) is 5.82 Å². The van der Waals surface area contributed by atoms with E-state index >= 15 is 0 Å². The normalized spacial score (nSPS) is 11.3. The van der Waals surface area contributed by atoms with Gasteiger partial charge >= 0.3 is 0 Å². The summed E-state index contributed by atoms with van der Waals surface area (Å²) in [5.74, 6) is 1.14. The van der Waals surface area contributed by atoms with Gasteiger partial charge in [-0.3, -0.25) is 4.99 Å². The van der Waals surface area contributed by atoms with Crippen LogP contribution in [-0.4, -0.2) is 31.1 Å². The second-order valence-electron chi connectivity index (χ2n) is 5.61. The molecular formula is C19H25FN4O. The average molecular weight is 344 g/mol. The maximum Gasteiger partial charge on any atom is 0.213 e. The molecule has 0 bridgehead atoms. The van der Waals surface area contributed by atoms with Crippen LogP contribution in [0.2, 0.25) is 0 Å². The first kappa shape index (κ1) is 18.7. The molecule has 2 rings (SSSR count). The molecular weight excluding hydrogens is 319 g/mol. The Bertz CT molecular complexity index is 718. The molecule has 0 aliphatic carbocycles. The highest BCUT2D eigenvalue weighted by Gasteiger charge is 2.03. The molecule has 134 valence electrons. The lowest BCUT2D eigenvalue weighted by molar-refractivity contribution is 0.326. The van der Waals surface area contributed by atoms with Gasteiger partial charge in [-0.1, -0.05) is 6.07 Å². The minimum absolute atomic E-state index is 0.199. The molecule has 0 unspecified atom stereocenters. The second-order valence-corrected chi connectivity index (χ2v) is 5.61. The summed E-state index contributed by atoms with van der Waals surface area (Å²) in [5, 5.41) is 6.53. The highest BCUT2D eigenvalue weighted by molar-refractivity contribution is 5.79. The topological polar surface area (TPSA) is 58.5 Å². The van der Waals surface area contributed by atoms with E-state index in [1.807, 2.05) is 32.0 Å². The molecule has 6 heteroatoms. The molecule has 0 atom stereocenters. The maximum atomic E-state index is 13.1. The number of hydrogen-bond donors (Lipinski definition) is 2. The molecule has 2 N–H and O–H groups in total. The molecule has 0 spiro atoms. The second kappa shape index (κ2) is 9.61. The summed E-state index contributed by atoms with van der Waals surface area (Å²) >= 11 is 0. The van der Waals surface area contributed by atoms with Crippen molar-refractivity contribution in [3.63, 3.8) is 0 Å². The van der Waals surface area contributed by atoms with Crippen LogP contribution in [0, 0.1) is 12.7 Å². The number of pyridine rings is 1. The number of aromatic nitrogens is 1. The number of aliphatic imine (C=N–C) groups is 1. The van der Waals surface area contributed by atoms with Crippen LogP contribution in [0.25, 0.3) is 0 Å². The van der Waals surface area contributed by atoms with E-state index in [2.05, 4.69) is 20.6 Å². The number of benzene rings is 1. The third kappa shape index (κ3) is 6.06. The van der Waals surface area contributed by atoms with E-state index in [0.29, 0.717) is 25.6 Å². The molecule has 1 heterocycles. The van der Waals surface area contributed by atoms with Crippen LogP contribution in [0.4, 0.5) is 4.39 Å². The Morgan fingerprint density at radius 3 is 2.80 bits per heavy atom. The van der Waals surface area contributed by atoms with Crippen LogP contribution in [0.3, 0.4) is 0 Å². The van der Waals surface area contributed by atoms with Crippen molar-refractivity contribution in [3.8, 4) is 5.88 Å². The quantitative estimate of drug-likeness (QED) is 0.599. The molecule has 0 saturated heterocycles. The first-order chi connectivity index (χ1) is 12.1. The standard InChI is InChI=1S/C19H25FN4O/c1-4-25-18-12-15(7-9-22-18)13-24-19(21-3)23-10-8-16-5-6-17(20)11-14(16)2/h5-7,9,11-12H,4,8,10,13H2,1-3H3,(H2,21,23,24). The molecule has 25 heavy (non-hydrogen) atoms. The first-order valence-corrected chi connectivity index (χ1v) is 8.39. The van der Waals surface area contributed by atoms with Crippen molar-refractivity contribution in [2.45, 2.75) is 26.8 Å². The predicted octanol–water partition coefficient (Wildman–Crippen LogP) is 2.84. The van der Waals surface area contributed by atoms with Crippen LogP contribution < -0.4 is 15.4 Å². The van der Waals surface area contributed by atoms with Crippen molar-refractivity contribution >= 4 is 5.96 Å². The van der Waals surface area contributed by atoms with Crippen molar-refractivity contribution in [2.75, 3.05) is 20.2 Å². The Morgan fingerprint density at radius 1 is 1.24 bits per heavy atom. The van der Waals surface area contributed by atoms with E-state index in [1.54, 1.807) is 19.3 Å². The zero-order valence-corrected chi connectivity index (χ0v) is 15.0. The number of ether oxygens (including phenoxy) is 1. The Labute approximate surface area is 148 Å². The largest absolute Gasteiger partial charge is 0.478 e. The van der Waals surface area contributed by atoms with Gasteiger partial charge in [0.2, 0.25) is 5.88 Å². The Hall–Kier alpha value is -2.63. The van der Waals surface area contributed by atoms with Crippen molar-refractivity contribution in [1.82, 2.24) is 15.6 Å². The number of nitrogens with one attached hydrogen (secondary N) is 2. The van der Waals surface area contributed by atoms with Crippen LogP contribution >= 0.6 is 0 Å². The molecule has 1 aromatic heterocycles. The SMILES string of the molecule is CCOc1cc(CNC(=NC)NCCc2ccc(F)cc2C)ccn1. The number of nitrogens with zero attached hydrogens (tertiary/aromatic N) is 2. The molecule has 0 fully saturated rings. The summed E-state index contributed by atoms with van der Waals surface area (Å²) in [5.41, 5.74) is 3.15. The van der Waals surface area contributed by atoms with Crippen molar-refractivity contribution in [3.05, 3.63) is 59.0 Å². The predicted molar refractivity (Wildman–Crippen MR) is 98.4 cm³/mol. The van der Waals surface area contributed by atoms with E-state index in [4.69, 9.17) is 4.74 Å². The number of guanidine groups is 1.